The topological polar surface area (TPSA) is 66.5 Å². The molecule has 8 heteroatoms. The molecular formula is C24H28F2N2O3S. The predicted octanol–water partition coefficient (Wildman–Crippen LogP) is 4.06. The largest absolute Gasteiger partial charge is 0.341 e. The number of rotatable bonds is 6. The van der Waals surface area contributed by atoms with Gasteiger partial charge in [0.2, 0.25) is 15.9 Å². The molecule has 4 rings (SSSR count). The van der Waals surface area contributed by atoms with E-state index < -0.39 is 21.7 Å². The highest BCUT2D eigenvalue weighted by molar-refractivity contribution is 7.89. The van der Waals surface area contributed by atoms with E-state index in [0.29, 0.717) is 31.5 Å². The smallest absolute Gasteiger partial charge is 0.226 e. The molecule has 1 saturated carbocycles. The van der Waals surface area contributed by atoms with Crippen LogP contribution in [-0.4, -0.2) is 44.1 Å². The second-order valence-electron chi connectivity index (χ2n) is 8.63. The van der Waals surface area contributed by atoms with Gasteiger partial charge >= 0.3 is 0 Å². The highest BCUT2D eigenvalue weighted by Gasteiger charge is 2.47. The molecule has 3 atom stereocenters. The monoisotopic (exact) mass is 462 g/mol. The molecule has 5 nitrogen and oxygen atoms in total. The summed E-state index contributed by atoms with van der Waals surface area (Å²) < 4.78 is 55.5. The zero-order chi connectivity index (χ0) is 22.9. The van der Waals surface area contributed by atoms with Gasteiger partial charge in [-0.1, -0.05) is 36.8 Å². The van der Waals surface area contributed by atoms with E-state index in [0.717, 1.165) is 18.4 Å². The fraction of sp³-hybridized carbons (Fsp3) is 0.458. The first-order valence-electron chi connectivity index (χ1n) is 11.1. The number of hydrogen-bond acceptors (Lipinski definition) is 3. The Hall–Kier alpha value is -2.32. The van der Waals surface area contributed by atoms with Gasteiger partial charge in [-0.25, -0.2) is 21.9 Å². The Morgan fingerprint density at radius 3 is 2.53 bits per heavy atom. The van der Waals surface area contributed by atoms with Gasteiger partial charge in [0.1, 0.15) is 11.6 Å². The number of carbonyl (C=O) groups excluding carboxylic acids is 1. The van der Waals surface area contributed by atoms with Crippen LogP contribution in [0.4, 0.5) is 8.78 Å². The van der Waals surface area contributed by atoms with E-state index in [1.54, 1.807) is 24.0 Å². The van der Waals surface area contributed by atoms with Crippen LogP contribution >= 0.6 is 0 Å². The number of hydrogen-bond donors (Lipinski definition) is 1. The quantitative estimate of drug-likeness (QED) is 0.704. The normalized spacial score (nSPS) is 23.6. The van der Waals surface area contributed by atoms with Crippen LogP contribution in [0.5, 0.6) is 0 Å². The van der Waals surface area contributed by atoms with Crippen molar-refractivity contribution in [1.29, 1.82) is 0 Å². The Morgan fingerprint density at radius 2 is 1.81 bits per heavy atom. The number of likely N-dealkylation sites (tertiary alicyclic amines) is 1. The summed E-state index contributed by atoms with van der Waals surface area (Å²) in [6.07, 6.45) is 2.99. The molecule has 1 aliphatic carbocycles. The molecule has 0 radical (unpaired) electrons. The summed E-state index contributed by atoms with van der Waals surface area (Å²) in [6.45, 7) is 2.54. The van der Waals surface area contributed by atoms with Crippen molar-refractivity contribution in [2.45, 2.75) is 44.6 Å². The van der Waals surface area contributed by atoms with E-state index in [2.05, 4.69) is 4.72 Å². The zero-order valence-corrected chi connectivity index (χ0v) is 18.9. The van der Waals surface area contributed by atoms with Crippen LogP contribution in [0, 0.1) is 17.6 Å². The SMILES string of the molecule is CCS(=O)(=O)NC1CCCCN(C(=O)C2CC2c2ccccc2-c2c(F)cccc2F)C1. The van der Waals surface area contributed by atoms with Crippen LogP contribution in [0.3, 0.4) is 0 Å². The maximum absolute atomic E-state index is 14.4. The van der Waals surface area contributed by atoms with Crippen molar-refractivity contribution in [3.05, 3.63) is 59.7 Å². The minimum atomic E-state index is -3.35. The number of benzene rings is 2. The van der Waals surface area contributed by atoms with Crippen LogP contribution in [0.1, 0.15) is 44.1 Å². The molecule has 2 aromatic rings. The Balaban J connectivity index is 1.52. The second-order valence-corrected chi connectivity index (χ2v) is 10.7. The fourth-order valence-corrected chi connectivity index (χ4v) is 5.49. The molecule has 2 fully saturated rings. The molecule has 0 bridgehead atoms. The van der Waals surface area contributed by atoms with E-state index in [-0.39, 0.29) is 35.1 Å². The van der Waals surface area contributed by atoms with E-state index in [9.17, 15) is 22.0 Å². The van der Waals surface area contributed by atoms with Crippen molar-refractivity contribution >= 4 is 15.9 Å². The lowest BCUT2D eigenvalue weighted by Crippen LogP contribution is -2.45. The third-order valence-electron chi connectivity index (χ3n) is 6.41. The number of sulfonamides is 1. The number of amides is 1. The summed E-state index contributed by atoms with van der Waals surface area (Å²) in [5, 5.41) is 0. The van der Waals surface area contributed by atoms with E-state index in [4.69, 9.17) is 0 Å². The summed E-state index contributed by atoms with van der Waals surface area (Å²) in [7, 11) is -3.35. The maximum atomic E-state index is 14.4. The summed E-state index contributed by atoms with van der Waals surface area (Å²) in [5.41, 5.74) is 1.19. The maximum Gasteiger partial charge on any atom is 0.226 e. The Bertz CT molecular complexity index is 1090. The standard InChI is InChI=1S/C24H28F2N2O3S/c1-2-32(30,31)27-16-8-5-6-13-28(15-16)24(29)20-14-19(20)17-9-3-4-10-18(17)23-21(25)11-7-12-22(23)26/h3-4,7,9-12,16,19-20,27H,2,5-6,8,13-15H2,1H3. The molecule has 1 amide bonds. The van der Waals surface area contributed by atoms with Crippen LogP contribution in [-0.2, 0) is 14.8 Å². The number of nitrogens with one attached hydrogen (secondary N) is 1. The lowest BCUT2D eigenvalue weighted by molar-refractivity contribution is -0.132. The average molecular weight is 463 g/mol. The number of nitrogens with zero attached hydrogens (tertiary/aromatic N) is 1. The first-order chi connectivity index (χ1) is 15.3. The molecule has 2 aromatic carbocycles. The van der Waals surface area contributed by atoms with E-state index in [1.165, 1.54) is 18.2 Å². The fourth-order valence-electron chi connectivity index (χ4n) is 4.62. The summed E-state index contributed by atoms with van der Waals surface area (Å²) in [5.74, 6) is -1.62. The zero-order valence-electron chi connectivity index (χ0n) is 18.1. The third kappa shape index (κ3) is 4.86. The summed E-state index contributed by atoms with van der Waals surface area (Å²) >= 11 is 0. The van der Waals surface area contributed by atoms with Crippen molar-refractivity contribution in [2.24, 2.45) is 5.92 Å². The number of carbonyl (C=O) groups is 1. The Morgan fingerprint density at radius 1 is 1.09 bits per heavy atom. The van der Waals surface area contributed by atoms with Gasteiger partial charge < -0.3 is 4.90 Å². The summed E-state index contributed by atoms with van der Waals surface area (Å²) in [4.78, 5) is 15.0. The highest BCUT2D eigenvalue weighted by atomic mass is 32.2. The van der Waals surface area contributed by atoms with Gasteiger partial charge in [0.25, 0.3) is 0 Å². The van der Waals surface area contributed by atoms with Crippen molar-refractivity contribution in [3.8, 4) is 11.1 Å². The average Bonchev–Trinajstić information content (AvgIpc) is 3.58. The van der Waals surface area contributed by atoms with E-state index in [1.807, 2.05) is 12.1 Å². The predicted molar refractivity (Wildman–Crippen MR) is 119 cm³/mol. The molecule has 1 heterocycles. The molecule has 32 heavy (non-hydrogen) atoms. The molecule has 1 N–H and O–H groups in total. The van der Waals surface area contributed by atoms with Gasteiger partial charge in [-0.3, -0.25) is 4.79 Å². The van der Waals surface area contributed by atoms with Crippen LogP contribution < -0.4 is 4.72 Å². The third-order valence-corrected chi connectivity index (χ3v) is 7.86. The minimum absolute atomic E-state index is 0.00549. The minimum Gasteiger partial charge on any atom is -0.341 e. The van der Waals surface area contributed by atoms with Gasteiger partial charge in [-0.15, -0.1) is 0 Å². The van der Waals surface area contributed by atoms with Gasteiger partial charge in [0.05, 0.1) is 11.3 Å². The van der Waals surface area contributed by atoms with Crippen LogP contribution in [0.2, 0.25) is 0 Å². The molecule has 1 aliphatic heterocycles. The molecule has 1 saturated heterocycles. The van der Waals surface area contributed by atoms with Crippen molar-refractivity contribution in [3.63, 3.8) is 0 Å². The molecule has 0 aromatic heterocycles. The first kappa shape index (κ1) is 22.9. The lowest BCUT2D eigenvalue weighted by atomic mass is 9.95. The molecule has 0 spiro atoms. The molecule has 2 aliphatic rings. The van der Waals surface area contributed by atoms with Gasteiger partial charge in [-0.05, 0) is 55.4 Å². The second kappa shape index (κ2) is 9.27. The van der Waals surface area contributed by atoms with Gasteiger partial charge in [0, 0.05) is 25.0 Å². The van der Waals surface area contributed by atoms with Crippen molar-refractivity contribution in [1.82, 2.24) is 9.62 Å². The molecule has 172 valence electrons. The van der Waals surface area contributed by atoms with Gasteiger partial charge in [-0.2, -0.15) is 0 Å². The summed E-state index contributed by atoms with van der Waals surface area (Å²) in [6, 6.07) is 10.6. The number of halogens is 2. The van der Waals surface area contributed by atoms with Crippen LogP contribution in [0.25, 0.3) is 11.1 Å². The van der Waals surface area contributed by atoms with Crippen LogP contribution in [0.15, 0.2) is 42.5 Å². The first-order valence-corrected chi connectivity index (χ1v) is 12.8. The van der Waals surface area contributed by atoms with Gasteiger partial charge in [0.15, 0.2) is 0 Å². The lowest BCUT2D eigenvalue weighted by Gasteiger charge is -2.25. The van der Waals surface area contributed by atoms with Crippen molar-refractivity contribution < 1.29 is 22.0 Å². The Kier molecular flexibility index (Phi) is 6.62. The van der Waals surface area contributed by atoms with Crippen molar-refractivity contribution in [2.75, 3.05) is 18.8 Å². The Labute approximate surface area is 187 Å². The molecule has 3 unspecified atom stereocenters. The molecular weight excluding hydrogens is 434 g/mol. The van der Waals surface area contributed by atoms with E-state index >= 15 is 0 Å². The highest BCUT2D eigenvalue weighted by Crippen LogP contribution is 2.51.